The predicted molar refractivity (Wildman–Crippen MR) is 81.8 cm³/mol. The molecule has 3 rings (SSSR count). The zero-order valence-corrected chi connectivity index (χ0v) is 13.2. The van der Waals surface area contributed by atoms with Gasteiger partial charge in [-0.15, -0.1) is 0 Å². The van der Waals surface area contributed by atoms with Gasteiger partial charge in [0, 0.05) is 25.7 Å². The molecule has 0 radical (unpaired) electrons. The number of hydrogen-bond donors (Lipinski definition) is 0. The first-order chi connectivity index (χ1) is 10.1. The van der Waals surface area contributed by atoms with E-state index in [1.807, 2.05) is 18.2 Å². The minimum Gasteiger partial charge on any atom is -0.497 e. The van der Waals surface area contributed by atoms with E-state index < -0.39 is 10.0 Å². The van der Waals surface area contributed by atoms with E-state index in [-0.39, 0.29) is 5.75 Å². The maximum absolute atomic E-state index is 12.6. The van der Waals surface area contributed by atoms with Crippen molar-refractivity contribution in [2.45, 2.75) is 24.6 Å². The van der Waals surface area contributed by atoms with Gasteiger partial charge in [0.1, 0.15) is 5.75 Å². The molecule has 0 aromatic heterocycles. The Hall–Kier alpha value is -1.11. The third-order valence-corrected chi connectivity index (χ3v) is 6.24. The summed E-state index contributed by atoms with van der Waals surface area (Å²) in [6.45, 7) is 3.24. The molecule has 1 aromatic rings. The summed E-state index contributed by atoms with van der Waals surface area (Å²) in [6, 6.07) is 7.71. The lowest BCUT2D eigenvalue weighted by Gasteiger charge is -2.36. The highest BCUT2D eigenvalue weighted by molar-refractivity contribution is 7.88. The summed E-state index contributed by atoms with van der Waals surface area (Å²) < 4.78 is 32.0. The SMILES string of the molecule is COc1cccc(CS(=O)(=O)N2CCN3CCC[C@@H]3C2)c1. The van der Waals surface area contributed by atoms with Crippen LogP contribution in [0.3, 0.4) is 0 Å². The van der Waals surface area contributed by atoms with Crippen molar-refractivity contribution in [1.82, 2.24) is 9.21 Å². The maximum atomic E-state index is 12.6. The minimum absolute atomic E-state index is 0.0525. The number of sulfonamides is 1. The molecule has 5 nitrogen and oxygen atoms in total. The van der Waals surface area contributed by atoms with Crippen molar-refractivity contribution in [3.63, 3.8) is 0 Å². The molecular weight excluding hydrogens is 288 g/mol. The maximum Gasteiger partial charge on any atom is 0.218 e. The molecule has 0 unspecified atom stereocenters. The molecule has 0 spiro atoms. The van der Waals surface area contributed by atoms with Crippen LogP contribution in [0.25, 0.3) is 0 Å². The lowest BCUT2D eigenvalue weighted by Crippen LogP contribution is -2.52. The van der Waals surface area contributed by atoms with Crippen LogP contribution in [0, 0.1) is 0 Å². The van der Waals surface area contributed by atoms with E-state index in [1.165, 1.54) is 6.42 Å². The number of fused-ring (bicyclic) bond motifs is 1. The van der Waals surface area contributed by atoms with Crippen LogP contribution in [0.5, 0.6) is 5.75 Å². The van der Waals surface area contributed by atoms with Gasteiger partial charge in [-0.2, -0.15) is 4.31 Å². The quantitative estimate of drug-likeness (QED) is 0.841. The molecule has 0 amide bonds. The molecule has 2 saturated heterocycles. The molecular formula is C15H22N2O3S. The van der Waals surface area contributed by atoms with Crippen LogP contribution in [-0.4, -0.2) is 57.0 Å². The Bertz CT molecular complexity index is 603. The van der Waals surface area contributed by atoms with Crippen LogP contribution >= 0.6 is 0 Å². The third kappa shape index (κ3) is 3.22. The summed E-state index contributed by atoms with van der Waals surface area (Å²) >= 11 is 0. The van der Waals surface area contributed by atoms with Crippen LogP contribution in [0.1, 0.15) is 18.4 Å². The van der Waals surface area contributed by atoms with Crippen LogP contribution < -0.4 is 4.74 Å². The van der Waals surface area contributed by atoms with Gasteiger partial charge < -0.3 is 4.74 Å². The molecule has 0 N–H and O–H groups in total. The largest absolute Gasteiger partial charge is 0.497 e. The van der Waals surface area contributed by atoms with Crippen LogP contribution in [0.2, 0.25) is 0 Å². The van der Waals surface area contributed by atoms with Gasteiger partial charge in [0.15, 0.2) is 0 Å². The fourth-order valence-electron chi connectivity index (χ4n) is 3.28. The van der Waals surface area contributed by atoms with Gasteiger partial charge >= 0.3 is 0 Å². The molecule has 2 aliphatic rings. The highest BCUT2D eigenvalue weighted by Gasteiger charge is 2.35. The van der Waals surface area contributed by atoms with Gasteiger partial charge in [0.25, 0.3) is 0 Å². The molecule has 116 valence electrons. The second-order valence-corrected chi connectivity index (χ2v) is 7.77. The molecule has 2 aliphatic heterocycles. The summed E-state index contributed by atoms with van der Waals surface area (Å²) in [4.78, 5) is 2.41. The number of rotatable bonds is 4. The molecule has 1 aromatic carbocycles. The monoisotopic (exact) mass is 310 g/mol. The van der Waals surface area contributed by atoms with Crippen molar-refractivity contribution in [1.29, 1.82) is 0 Å². The fourth-order valence-corrected chi connectivity index (χ4v) is 4.82. The summed E-state index contributed by atoms with van der Waals surface area (Å²) in [5.74, 6) is 0.750. The second-order valence-electron chi connectivity index (χ2n) is 5.80. The van der Waals surface area contributed by atoms with Gasteiger partial charge in [0.05, 0.1) is 12.9 Å². The van der Waals surface area contributed by atoms with Crippen molar-refractivity contribution in [2.75, 3.05) is 33.3 Å². The first-order valence-corrected chi connectivity index (χ1v) is 9.04. The number of methoxy groups -OCH3 is 1. The van der Waals surface area contributed by atoms with Crippen molar-refractivity contribution in [3.8, 4) is 5.75 Å². The first kappa shape index (κ1) is 14.8. The summed E-state index contributed by atoms with van der Waals surface area (Å²) in [7, 11) is -1.66. The number of benzene rings is 1. The van der Waals surface area contributed by atoms with E-state index >= 15 is 0 Å². The van der Waals surface area contributed by atoms with Crippen molar-refractivity contribution in [3.05, 3.63) is 29.8 Å². The van der Waals surface area contributed by atoms with Crippen molar-refractivity contribution in [2.24, 2.45) is 0 Å². The van der Waals surface area contributed by atoms with Gasteiger partial charge in [-0.05, 0) is 37.1 Å². The van der Waals surface area contributed by atoms with Crippen molar-refractivity contribution < 1.29 is 13.2 Å². The van der Waals surface area contributed by atoms with E-state index in [4.69, 9.17) is 4.74 Å². The normalized spacial score (nSPS) is 24.0. The molecule has 0 aliphatic carbocycles. The van der Waals surface area contributed by atoms with Gasteiger partial charge in [0.2, 0.25) is 10.0 Å². The zero-order chi connectivity index (χ0) is 14.9. The number of ether oxygens (including phenoxy) is 1. The molecule has 1 atom stereocenters. The Morgan fingerprint density at radius 3 is 2.95 bits per heavy atom. The fraction of sp³-hybridized carbons (Fsp3) is 0.600. The van der Waals surface area contributed by atoms with E-state index in [0.717, 1.165) is 25.1 Å². The van der Waals surface area contributed by atoms with Gasteiger partial charge in [-0.3, -0.25) is 4.90 Å². The van der Waals surface area contributed by atoms with E-state index in [2.05, 4.69) is 4.90 Å². The highest BCUT2D eigenvalue weighted by atomic mass is 32.2. The summed E-state index contributed by atoms with van der Waals surface area (Å²) in [6.07, 6.45) is 2.31. The molecule has 21 heavy (non-hydrogen) atoms. The van der Waals surface area contributed by atoms with E-state index in [9.17, 15) is 8.42 Å². The summed E-state index contributed by atoms with van der Waals surface area (Å²) in [5.41, 5.74) is 0.781. The van der Waals surface area contributed by atoms with Gasteiger partial charge in [-0.1, -0.05) is 12.1 Å². The third-order valence-electron chi connectivity index (χ3n) is 4.43. The Kier molecular flexibility index (Phi) is 4.19. The Morgan fingerprint density at radius 2 is 2.14 bits per heavy atom. The standard InChI is InChI=1S/C15H22N2O3S/c1-20-15-6-2-4-13(10-15)12-21(18,19)17-9-8-16-7-3-5-14(16)11-17/h2,4,6,10,14H,3,5,7-9,11-12H2,1H3/t14-/m1/s1. The molecule has 0 saturated carbocycles. The Labute approximate surface area is 126 Å². The molecule has 2 fully saturated rings. The van der Waals surface area contributed by atoms with Crippen molar-refractivity contribution >= 4 is 10.0 Å². The second kappa shape index (κ2) is 5.94. The average Bonchev–Trinajstić information content (AvgIpc) is 2.94. The Morgan fingerprint density at radius 1 is 1.29 bits per heavy atom. The highest BCUT2D eigenvalue weighted by Crippen LogP contribution is 2.24. The minimum atomic E-state index is -3.25. The lowest BCUT2D eigenvalue weighted by atomic mass is 10.2. The number of piperazine rings is 1. The number of hydrogen-bond acceptors (Lipinski definition) is 4. The molecule has 6 heteroatoms. The predicted octanol–water partition coefficient (Wildman–Crippen LogP) is 1.30. The smallest absolute Gasteiger partial charge is 0.218 e. The van der Waals surface area contributed by atoms with E-state index in [0.29, 0.717) is 24.9 Å². The summed E-state index contributed by atoms with van der Waals surface area (Å²) in [5, 5.41) is 0. The van der Waals surface area contributed by atoms with E-state index in [1.54, 1.807) is 17.5 Å². The Balaban J connectivity index is 1.71. The molecule has 2 heterocycles. The topological polar surface area (TPSA) is 49.9 Å². The lowest BCUT2D eigenvalue weighted by molar-refractivity contribution is 0.158. The first-order valence-electron chi connectivity index (χ1n) is 7.43. The van der Waals surface area contributed by atoms with Crippen LogP contribution in [0.15, 0.2) is 24.3 Å². The average molecular weight is 310 g/mol. The van der Waals surface area contributed by atoms with Crippen LogP contribution in [0.4, 0.5) is 0 Å². The van der Waals surface area contributed by atoms with Crippen LogP contribution in [-0.2, 0) is 15.8 Å². The van der Waals surface area contributed by atoms with Gasteiger partial charge in [-0.25, -0.2) is 8.42 Å². The molecule has 0 bridgehead atoms. The number of nitrogens with zero attached hydrogens (tertiary/aromatic N) is 2. The zero-order valence-electron chi connectivity index (χ0n) is 12.4.